The van der Waals surface area contributed by atoms with E-state index < -0.39 is 0 Å². The summed E-state index contributed by atoms with van der Waals surface area (Å²) in [6, 6.07) is 0. The third-order valence-electron chi connectivity index (χ3n) is 1.00. The minimum absolute atomic E-state index is 0.750. The van der Waals surface area contributed by atoms with Gasteiger partial charge in [-0.25, -0.2) is 0 Å². The molecular weight excluding hydrogens is 208 g/mol. The zero-order valence-electron chi connectivity index (χ0n) is 14.2. The van der Waals surface area contributed by atoms with Gasteiger partial charge in [-0.05, 0) is 48.5 Å². The lowest BCUT2D eigenvalue weighted by atomic mass is 10.2. The zero-order chi connectivity index (χ0) is 15.4. The van der Waals surface area contributed by atoms with Crippen LogP contribution in [0.2, 0.25) is 0 Å². The van der Waals surface area contributed by atoms with E-state index in [-0.39, 0.29) is 0 Å². The van der Waals surface area contributed by atoms with Crippen LogP contribution in [0, 0.1) is 0 Å². The Bertz CT molecular complexity index is 142. The lowest BCUT2D eigenvalue weighted by Gasteiger charge is -1.88. The van der Waals surface area contributed by atoms with Gasteiger partial charge in [-0.2, -0.15) is 0 Å². The second-order valence-corrected chi connectivity index (χ2v) is 3.44. The minimum atomic E-state index is 0.750. The Morgan fingerprint density at radius 3 is 0.824 bits per heavy atom. The molecule has 17 heavy (non-hydrogen) atoms. The van der Waals surface area contributed by atoms with Crippen molar-refractivity contribution in [1.82, 2.24) is 0 Å². The van der Waals surface area contributed by atoms with Crippen molar-refractivity contribution in [3.63, 3.8) is 0 Å². The molecule has 0 radical (unpaired) electrons. The summed E-state index contributed by atoms with van der Waals surface area (Å²) in [6.07, 6.45) is 0.750. The van der Waals surface area contributed by atoms with Gasteiger partial charge in [0.1, 0.15) is 6.29 Å². The molecule has 0 N–H and O–H groups in total. The molecule has 0 aliphatic rings. The molecule has 106 valence electrons. The molecule has 0 aliphatic heterocycles. The summed E-state index contributed by atoms with van der Waals surface area (Å²) >= 11 is 0. The van der Waals surface area contributed by atoms with E-state index in [2.05, 4.69) is 34.3 Å². The number of carbonyl (C=O) groups is 1. The zero-order valence-corrected chi connectivity index (χ0v) is 14.2. The van der Waals surface area contributed by atoms with Crippen LogP contribution in [0.5, 0.6) is 0 Å². The normalized spacial score (nSPS) is 5.82. The van der Waals surface area contributed by atoms with E-state index in [9.17, 15) is 0 Å². The van der Waals surface area contributed by atoms with E-state index in [1.807, 2.05) is 41.5 Å². The van der Waals surface area contributed by atoms with Crippen molar-refractivity contribution in [2.75, 3.05) is 0 Å². The monoisotopic (exact) mass is 244 g/mol. The Morgan fingerprint density at radius 1 is 0.765 bits per heavy atom. The van der Waals surface area contributed by atoms with Crippen molar-refractivity contribution >= 4 is 6.29 Å². The fourth-order valence-corrected chi connectivity index (χ4v) is 0. The smallest absolute Gasteiger partial charge is 0.116 e. The first-order valence-electron chi connectivity index (χ1n) is 6.42. The highest BCUT2D eigenvalue weighted by Crippen LogP contribution is 1.96. The summed E-state index contributed by atoms with van der Waals surface area (Å²) in [7, 11) is 0. The molecule has 0 heterocycles. The number of hydrogen-bond acceptors (Lipinski definition) is 1. The van der Waals surface area contributed by atoms with Crippen LogP contribution < -0.4 is 0 Å². The third kappa shape index (κ3) is 264. The van der Waals surface area contributed by atoms with Crippen molar-refractivity contribution in [1.29, 1.82) is 0 Å². The first-order valence-corrected chi connectivity index (χ1v) is 6.42. The van der Waals surface area contributed by atoms with Crippen molar-refractivity contribution in [3.05, 3.63) is 23.3 Å². The van der Waals surface area contributed by atoms with Crippen LogP contribution in [0.1, 0.15) is 76.2 Å². The highest BCUT2D eigenvalue weighted by molar-refractivity contribution is 5.44. The number of allylic oxidation sites excluding steroid dienone is 3. The van der Waals surface area contributed by atoms with Crippen molar-refractivity contribution in [2.45, 2.75) is 76.2 Å². The van der Waals surface area contributed by atoms with E-state index in [1.54, 1.807) is 0 Å². The van der Waals surface area contributed by atoms with Crippen LogP contribution in [0.3, 0.4) is 0 Å². The Balaban J connectivity index is -0.0000000385. The maximum Gasteiger partial charge on any atom is 0.116 e. The largest absolute Gasteiger partial charge is 0.304 e. The lowest BCUT2D eigenvalue weighted by Crippen LogP contribution is -1.66. The third-order valence-corrected chi connectivity index (χ3v) is 1.00. The molecule has 0 aliphatic carbocycles. The summed E-state index contributed by atoms with van der Waals surface area (Å²) in [5.41, 5.74) is 4.02. The van der Waals surface area contributed by atoms with Crippen molar-refractivity contribution in [3.8, 4) is 0 Å². The predicted octanol–water partition coefficient (Wildman–Crippen LogP) is 6.20. The van der Waals surface area contributed by atoms with E-state index in [0.717, 1.165) is 6.29 Å². The molecule has 0 rings (SSSR count). The van der Waals surface area contributed by atoms with Gasteiger partial charge in [0, 0.05) is 0 Å². The van der Waals surface area contributed by atoms with Crippen LogP contribution in [-0.2, 0) is 4.79 Å². The molecule has 0 saturated heterocycles. The predicted molar refractivity (Wildman–Crippen MR) is 84.6 cm³/mol. The highest BCUT2D eigenvalue weighted by Gasteiger charge is 1.75. The highest BCUT2D eigenvalue weighted by atomic mass is 16.1. The molecule has 1 heteroatoms. The first-order chi connectivity index (χ1) is 7.79. The quantitative estimate of drug-likeness (QED) is 0.366. The minimum Gasteiger partial charge on any atom is -0.304 e. The SMILES string of the molecule is C=C(C)C.CC.CC.CC(C)=C(C)C.CC=O. The molecular formula is C16H36O. The van der Waals surface area contributed by atoms with Gasteiger partial charge in [0.05, 0.1) is 0 Å². The molecule has 0 aromatic carbocycles. The van der Waals surface area contributed by atoms with E-state index in [1.165, 1.54) is 23.6 Å². The molecule has 0 atom stereocenters. The average molecular weight is 244 g/mol. The van der Waals surface area contributed by atoms with Crippen LogP contribution in [0.4, 0.5) is 0 Å². The van der Waals surface area contributed by atoms with E-state index in [0.29, 0.717) is 0 Å². The van der Waals surface area contributed by atoms with Gasteiger partial charge in [-0.15, -0.1) is 6.58 Å². The molecule has 0 spiro atoms. The van der Waals surface area contributed by atoms with Crippen molar-refractivity contribution < 1.29 is 4.79 Å². The summed E-state index contributed by atoms with van der Waals surface area (Å²) in [5, 5.41) is 0. The van der Waals surface area contributed by atoms with Crippen LogP contribution in [0.25, 0.3) is 0 Å². The van der Waals surface area contributed by atoms with Crippen LogP contribution in [-0.4, -0.2) is 6.29 Å². The van der Waals surface area contributed by atoms with Gasteiger partial charge < -0.3 is 4.79 Å². The molecule has 0 saturated carbocycles. The van der Waals surface area contributed by atoms with Gasteiger partial charge in [-0.1, -0.05) is 44.4 Å². The van der Waals surface area contributed by atoms with Crippen molar-refractivity contribution in [2.24, 2.45) is 0 Å². The second-order valence-electron chi connectivity index (χ2n) is 3.44. The van der Waals surface area contributed by atoms with E-state index >= 15 is 0 Å². The Hall–Kier alpha value is -0.850. The van der Waals surface area contributed by atoms with Gasteiger partial charge in [0.2, 0.25) is 0 Å². The summed E-state index contributed by atoms with van der Waals surface area (Å²) in [6.45, 7) is 25.4. The molecule has 0 amide bonds. The van der Waals surface area contributed by atoms with Gasteiger partial charge in [0.25, 0.3) is 0 Å². The number of carbonyl (C=O) groups excluding carboxylic acids is 1. The summed E-state index contributed by atoms with van der Waals surface area (Å²) in [4.78, 5) is 8.81. The Morgan fingerprint density at radius 2 is 0.824 bits per heavy atom. The summed E-state index contributed by atoms with van der Waals surface area (Å²) in [5.74, 6) is 0. The van der Waals surface area contributed by atoms with Gasteiger partial charge in [0.15, 0.2) is 0 Å². The maximum absolute atomic E-state index is 8.81. The topological polar surface area (TPSA) is 17.1 Å². The number of aldehydes is 1. The van der Waals surface area contributed by atoms with E-state index in [4.69, 9.17) is 4.79 Å². The molecule has 0 aromatic rings. The van der Waals surface area contributed by atoms with Gasteiger partial charge in [-0.3, -0.25) is 0 Å². The molecule has 0 unspecified atom stereocenters. The number of hydrogen-bond donors (Lipinski definition) is 0. The molecule has 0 aromatic heterocycles. The average Bonchev–Trinajstić information content (AvgIpc) is 2.24. The fourth-order valence-electron chi connectivity index (χ4n) is 0. The van der Waals surface area contributed by atoms with Crippen LogP contribution >= 0.6 is 0 Å². The fraction of sp³-hybridized carbons (Fsp3) is 0.688. The first kappa shape index (κ1) is 29.8. The number of rotatable bonds is 0. The maximum atomic E-state index is 8.81. The molecule has 0 fully saturated rings. The second kappa shape index (κ2) is 36.2. The molecule has 0 bridgehead atoms. The van der Waals surface area contributed by atoms with Crippen LogP contribution in [0.15, 0.2) is 23.3 Å². The summed E-state index contributed by atoms with van der Waals surface area (Å²) < 4.78 is 0. The Kier molecular flexibility index (Phi) is 63.5. The standard InChI is InChI=1S/C6H12.C4H8.C2H4O.2C2H6/c1-5(2)6(3)4;1-4(2)3;1-2-3;2*1-2/h1-4H3;1H2,2-3H3;2H,1H3;2*1-2H3. The Labute approximate surface area is 111 Å². The molecule has 1 nitrogen and oxygen atoms in total. The lowest BCUT2D eigenvalue weighted by molar-refractivity contribution is -0.106. The van der Waals surface area contributed by atoms with Gasteiger partial charge >= 0.3 is 0 Å².